The van der Waals surface area contributed by atoms with Crippen LogP contribution in [0.5, 0.6) is 0 Å². The molecular formula is C8H15N3O4. The summed E-state index contributed by atoms with van der Waals surface area (Å²) in [4.78, 5) is 32.3. The molecule has 0 rings (SSSR count). The quantitative estimate of drug-likeness (QED) is 0.415. The first-order valence-corrected chi connectivity index (χ1v) is 4.45. The van der Waals surface area contributed by atoms with Crippen molar-refractivity contribution in [3.8, 4) is 0 Å². The summed E-state index contributed by atoms with van der Waals surface area (Å²) >= 11 is 0. The van der Waals surface area contributed by atoms with E-state index in [1.54, 1.807) is 6.92 Å². The molecule has 0 aliphatic rings. The molecule has 0 saturated carbocycles. The van der Waals surface area contributed by atoms with Gasteiger partial charge in [0.15, 0.2) is 0 Å². The lowest BCUT2D eigenvalue weighted by Gasteiger charge is -2.15. The molecule has 0 fully saturated rings. The zero-order valence-corrected chi connectivity index (χ0v) is 8.40. The lowest BCUT2D eigenvalue weighted by molar-refractivity contribution is -0.143. The fourth-order valence-corrected chi connectivity index (χ4v) is 0.865. The monoisotopic (exact) mass is 217 g/mol. The summed E-state index contributed by atoms with van der Waals surface area (Å²) in [5, 5.41) is 10.8. The van der Waals surface area contributed by atoms with Gasteiger partial charge in [-0.25, -0.2) is 4.79 Å². The van der Waals surface area contributed by atoms with Crippen molar-refractivity contribution in [1.29, 1.82) is 0 Å². The molecule has 0 spiro atoms. The smallest absolute Gasteiger partial charge is 0.326 e. The van der Waals surface area contributed by atoms with E-state index in [0.717, 1.165) is 0 Å². The summed E-state index contributed by atoms with van der Waals surface area (Å²) < 4.78 is 0. The molecular weight excluding hydrogens is 202 g/mol. The molecule has 0 aromatic heterocycles. The third-order valence-corrected chi connectivity index (χ3v) is 1.80. The highest BCUT2D eigenvalue weighted by Crippen LogP contribution is 1.94. The van der Waals surface area contributed by atoms with Gasteiger partial charge < -0.3 is 21.9 Å². The van der Waals surface area contributed by atoms with Gasteiger partial charge in [-0.1, -0.05) is 6.92 Å². The minimum Gasteiger partial charge on any atom is -0.480 e. The number of hydrogen-bond donors (Lipinski definition) is 4. The van der Waals surface area contributed by atoms with Gasteiger partial charge in [0.2, 0.25) is 11.8 Å². The molecule has 2 atom stereocenters. The van der Waals surface area contributed by atoms with Crippen molar-refractivity contribution in [2.45, 2.75) is 31.8 Å². The first-order chi connectivity index (χ1) is 6.88. The predicted molar refractivity (Wildman–Crippen MR) is 51.6 cm³/mol. The van der Waals surface area contributed by atoms with Crippen LogP contribution in [0, 0.1) is 0 Å². The van der Waals surface area contributed by atoms with Crippen LogP contribution in [0.3, 0.4) is 0 Å². The number of rotatable bonds is 6. The zero-order valence-electron chi connectivity index (χ0n) is 8.40. The van der Waals surface area contributed by atoms with Crippen molar-refractivity contribution in [1.82, 2.24) is 5.32 Å². The van der Waals surface area contributed by atoms with Gasteiger partial charge in [-0.2, -0.15) is 0 Å². The first kappa shape index (κ1) is 13.4. The van der Waals surface area contributed by atoms with Crippen LogP contribution in [0.1, 0.15) is 19.8 Å². The van der Waals surface area contributed by atoms with Crippen molar-refractivity contribution in [3.05, 3.63) is 0 Å². The van der Waals surface area contributed by atoms with Gasteiger partial charge in [0.05, 0.1) is 12.5 Å². The van der Waals surface area contributed by atoms with Crippen molar-refractivity contribution in [3.63, 3.8) is 0 Å². The minimum absolute atomic E-state index is 0.384. The van der Waals surface area contributed by atoms with E-state index in [1.807, 2.05) is 0 Å². The average molecular weight is 217 g/mol. The molecule has 86 valence electrons. The standard InChI is InChI=1S/C8H15N3O4/c1-2-4(9)7(13)11-5(8(14)15)3-6(10)12/h4-5H,2-3,9H2,1H3,(H2,10,12)(H,11,13)(H,14,15)/t4-,5+/m1/s1. The number of carboxylic acids is 1. The van der Waals surface area contributed by atoms with Crippen LogP contribution in [0.2, 0.25) is 0 Å². The summed E-state index contributed by atoms with van der Waals surface area (Å²) in [5.41, 5.74) is 10.2. The maximum absolute atomic E-state index is 11.2. The van der Waals surface area contributed by atoms with E-state index in [0.29, 0.717) is 6.42 Å². The van der Waals surface area contributed by atoms with Gasteiger partial charge in [-0.3, -0.25) is 9.59 Å². The fraction of sp³-hybridized carbons (Fsp3) is 0.625. The highest BCUT2D eigenvalue weighted by atomic mass is 16.4. The number of carbonyl (C=O) groups excluding carboxylic acids is 2. The Morgan fingerprint density at radius 1 is 1.40 bits per heavy atom. The van der Waals surface area contributed by atoms with E-state index in [9.17, 15) is 14.4 Å². The molecule has 7 heteroatoms. The lowest BCUT2D eigenvalue weighted by Crippen LogP contribution is -2.49. The molecule has 0 unspecified atom stereocenters. The van der Waals surface area contributed by atoms with Crippen molar-refractivity contribution in [2.24, 2.45) is 11.5 Å². The molecule has 6 N–H and O–H groups in total. The second-order valence-electron chi connectivity index (χ2n) is 3.08. The van der Waals surface area contributed by atoms with Crippen LogP contribution >= 0.6 is 0 Å². The highest BCUT2D eigenvalue weighted by molar-refractivity contribution is 5.89. The molecule has 0 radical (unpaired) electrons. The van der Waals surface area contributed by atoms with Gasteiger partial charge in [-0.05, 0) is 6.42 Å². The number of nitrogens with one attached hydrogen (secondary N) is 1. The Hall–Kier alpha value is -1.63. The van der Waals surface area contributed by atoms with Crippen LogP contribution in [0.15, 0.2) is 0 Å². The second kappa shape index (κ2) is 5.97. The third kappa shape index (κ3) is 4.96. The van der Waals surface area contributed by atoms with Crippen LogP contribution in [0.4, 0.5) is 0 Å². The first-order valence-electron chi connectivity index (χ1n) is 4.45. The molecule has 2 amide bonds. The van der Waals surface area contributed by atoms with Crippen LogP contribution in [-0.4, -0.2) is 35.0 Å². The van der Waals surface area contributed by atoms with E-state index in [4.69, 9.17) is 16.6 Å². The Bertz CT molecular complexity index is 267. The largest absolute Gasteiger partial charge is 0.480 e. The van der Waals surface area contributed by atoms with Crippen molar-refractivity contribution < 1.29 is 19.5 Å². The second-order valence-corrected chi connectivity index (χ2v) is 3.08. The van der Waals surface area contributed by atoms with Gasteiger partial charge in [0.25, 0.3) is 0 Å². The Kier molecular flexibility index (Phi) is 5.32. The topological polar surface area (TPSA) is 136 Å². The number of hydrogen-bond acceptors (Lipinski definition) is 4. The van der Waals surface area contributed by atoms with E-state index in [2.05, 4.69) is 5.32 Å². The molecule has 0 aromatic carbocycles. The normalized spacial score (nSPS) is 14.0. The molecule has 0 aliphatic carbocycles. The van der Waals surface area contributed by atoms with Crippen molar-refractivity contribution in [2.75, 3.05) is 0 Å². The number of primary amides is 1. The summed E-state index contributed by atoms with van der Waals surface area (Å²) in [6, 6.07) is -2.09. The highest BCUT2D eigenvalue weighted by Gasteiger charge is 2.23. The van der Waals surface area contributed by atoms with E-state index in [1.165, 1.54) is 0 Å². The van der Waals surface area contributed by atoms with Crippen LogP contribution in [0.25, 0.3) is 0 Å². The Morgan fingerprint density at radius 3 is 2.27 bits per heavy atom. The SMILES string of the molecule is CC[C@@H](N)C(=O)N[C@@H](CC(N)=O)C(=O)O. The maximum Gasteiger partial charge on any atom is 0.326 e. The molecule has 0 heterocycles. The Balaban J connectivity index is 4.35. The average Bonchev–Trinajstić information content (AvgIpc) is 2.14. The Morgan fingerprint density at radius 2 is 1.93 bits per heavy atom. The number of nitrogens with two attached hydrogens (primary N) is 2. The summed E-state index contributed by atoms with van der Waals surface area (Å²) in [6.07, 6.45) is -0.0632. The molecule has 0 bridgehead atoms. The number of aliphatic carboxylic acids is 1. The molecule has 0 saturated heterocycles. The van der Waals surface area contributed by atoms with Gasteiger partial charge in [0, 0.05) is 0 Å². The third-order valence-electron chi connectivity index (χ3n) is 1.80. The van der Waals surface area contributed by atoms with Gasteiger partial charge in [-0.15, -0.1) is 0 Å². The number of carbonyl (C=O) groups is 3. The summed E-state index contributed by atoms with van der Waals surface area (Å²) in [5.74, 6) is -2.72. The zero-order chi connectivity index (χ0) is 12.0. The number of carboxylic acid groups (broad SMARTS) is 1. The predicted octanol–water partition coefficient (Wildman–Crippen LogP) is -1.83. The van der Waals surface area contributed by atoms with E-state index >= 15 is 0 Å². The van der Waals surface area contributed by atoms with Crippen LogP contribution in [-0.2, 0) is 14.4 Å². The van der Waals surface area contributed by atoms with E-state index in [-0.39, 0.29) is 0 Å². The van der Waals surface area contributed by atoms with Crippen molar-refractivity contribution >= 4 is 17.8 Å². The summed E-state index contributed by atoms with van der Waals surface area (Å²) in [6.45, 7) is 1.69. The lowest BCUT2D eigenvalue weighted by atomic mass is 10.1. The van der Waals surface area contributed by atoms with Gasteiger partial charge in [0.1, 0.15) is 6.04 Å². The van der Waals surface area contributed by atoms with Crippen LogP contribution < -0.4 is 16.8 Å². The molecule has 0 aromatic rings. The summed E-state index contributed by atoms with van der Waals surface area (Å²) in [7, 11) is 0. The van der Waals surface area contributed by atoms with E-state index < -0.39 is 36.3 Å². The number of amides is 2. The van der Waals surface area contributed by atoms with Gasteiger partial charge >= 0.3 is 5.97 Å². The maximum atomic E-state index is 11.2. The molecule has 15 heavy (non-hydrogen) atoms. The Labute approximate surface area is 86.8 Å². The fourth-order valence-electron chi connectivity index (χ4n) is 0.865. The molecule has 0 aliphatic heterocycles. The minimum atomic E-state index is -1.31. The molecule has 7 nitrogen and oxygen atoms in total.